The number of fused-ring (bicyclic) bond motifs is 1. The molecule has 158 valence electrons. The highest BCUT2D eigenvalue weighted by Gasteiger charge is 2.22. The lowest BCUT2D eigenvalue weighted by Crippen LogP contribution is -2.20. The number of aromatic nitrogens is 1. The van der Waals surface area contributed by atoms with Crippen LogP contribution >= 0.6 is 0 Å². The molecular formula is C24H23FN4O2. The molecule has 0 saturated carbocycles. The molecule has 4 aromatic rings. The standard InChI is InChI=1S/C24H23FN4O2/c1-14-6-5-7-15(2)23(14)28-24-21(22(27)18-11-10-16(25)12-29(18)24)17-8-3-4-9-19(17)31-13-20(26)30/h3-12,28H,13,27H2,1-2H3,(H2,26,30). The van der Waals surface area contributed by atoms with E-state index >= 15 is 0 Å². The third-order valence-corrected chi connectivity index (χ3v) is 5.19. The Labute approximate surface area is 179 Å². The van der Waals surface area contributed by atoms with Gasteiger partial charge in [-0.3, -0.25) is 9.20 Å². The lowest BCUT2D eigenvalue weighted by molar-refractivity contribution is -0.119. The Morgan fingerprint density at radius 1 is 1.06 bits per heavy atom. The molecule has 0 aliphatic carbocycles. The second-order valence-electron chi connectivity index (χ2n) is 7.38. The highest BCUT2D eigenvalue weighted by Crippen LogP contribution is 2.44. The molecule has 4 rings (SSSR count). The zero-order valence-corrected chi connectivity index (χ0v) is 17.3. The van der Waals surface area contributed by atoms with Crippen molar-refractivity contribution in [2.24, 2.45) is 5.73 Å². The van der Waals surface area contributed by atoms with E-state index in [2.05, 4.69) is 5.32 Å². The number of para-hydroxylation sites is 2. The van der Waals surface area contributed by atoms with Crippen molar-refractivity contribution in [2.75, 3.05) is 17.7 Å². The third-order valence-electron chi connectivity index (χ3n) is 5.19. The summed E-state index contributed by atoms with van der Waals surface area (Å²) in [5, 5.41) is 3.46. The minimum Gasteiger partial charge on any atom is -0.483 e. The zero-order valence-electron chi connectivity index (χ0n) is 17.3. The van der Waals surface area contributed by atoms with Gasteiger partial charge in [-0.05, 0) is 43.2 Å². The number of anilines is 3. The van der Waals surface area contributed by atoms with Gasteiger partial charge in [0.15, 0.2) is 6.61 Å². The molecule has 31 heavy (non-hydrogen) atoms. The molecule has 0 aliphatic rings. The van der Waals surface area contributed by atoms with Crippen LogP contribution in [0.1, 0.15) is 11.1 Å². The first-order valence-electron chi connectivity index (χ1n) is 9.79. The quantitative estimate of drug-likeness (QED) is 0.428. The number of hydrogen-bond acceptors (Lipinski definition) is 4. The summed E-state index contributed by atoms with van der Waals surface area (Å²) in [6.07, 6.45) is 1.39. The fraction of sp³-hybridized carbons (Fsp3) is 0.125. The van der Waals surface area contributed by atoms with Crippen molar-refractivity contribution in [1.82, 2.24) is 4.40 Å². The fourth-order valence-corrected chi connectivity index (χ4v) is 3.73. The largest absolute Gasteiger partial charge is 0.483 e. The van der Waals surface area contributed by atoms with Crippen LogP contribution in [0.5, 0.6) is 5.75 Å². The summed E-state index contributed by atoms with van der Waals surface area (Å²) >= 11 is 0. The summed E-state index contributed by atoms with van der Waals surface area (Å²) in [5.41, 5.74) is 17.2. The van der Waals surface area contributed by atoms with Crippen molar-refractivity contribution in [3.05, 3.63) is 77.7 Å². The van der Waals surface area contributed by atoms with Gasteiger partial charge in [-0.15, -0.1) is 0 Å². The van der Waals surface area contributed by atoms with Crippen LogP contribution in [0.3, 0.4) is 0 Å². The molecule has 6 nitrogen and oxygen atoms in total. The number of primary amides is 1. The Hall–Kier alpha value is -4.00. The molecule has 1 amide bonds. The molecule has 0 atom stereocenters. The summed E-state index contributed by atoms with van der Waals surface area (Å²) < 4.78 is 21.5. The van der Waals surface area contributed by atoms with Gasteiger partial charge in [-0.1, -0.05) is 36.4 Å². The number of benzene rings is 2. The van der Waals surface area contributed by atoms with Gasteiger partial charge in [0.25, 0.3) is 5.91 Å². The van der Waals surface area contributed by atoms with Crippen LogP contribution in [-0.4, -0.2) is 16.9 Å². The Bertz CT molecular complexity index is 1280. The van der Waals surface area contributed by atoms with Crippen molar-refractivity contribution >= 4 is 28.6 Å². The van der Waals surface area contributed by atoms with Crippen molar-refractivity contribution in [1.29, 1.82) is 0 Å². The van der Waals surface area contributed by atoms with E-state index in [1.54, 1.807) is 22.6 Å². The maximum Gasteiger partial charge on any atom is 0.255 e. The van der Waals surface area contributed by atoms with Gasteiger partial charge in [0, 0.05) is 17.4 Å². The first-order chi connectivity index (χ1) is 14.9. The van der Waals surface area contributed by atoms with E-state index in [1.165, 1.54) is 12.3 Å². The molecule has 0 spiro atoms. The smallest absolute Gasteiger partial charge is 0.255 e. The highest BCUT2D eigenvalue weighted by atomic mass is 19.1. The van der Waals surface area contributed by atoms with Gasteiger partial charge >= 0.3 is 0 Å². The summed E-state index contributed by atoms with van der Waals surface area (Å²) in [6, 6.07) is 16.2. The summed E-state index contributed by atoms with van der Waals surface area (Å²) in [6.45, 7) is 3.73. The molecule has 0 unspecified atom stereocenters. The van der Waals surface area contributed by atoms with Gasteiger partial charge < -0.3 is 21.5 Å². The van der Waals surface area contributed by atoms with E-state index in [0.717, 1.165) is 16.8 Å². The van der Waals surface area contributed by atoms with E-state index in [-0.39, 0.29) is 6.61 Å². The summed E-state index contributed by atoms with van der Waals surface area (Å²) in [7, 11) is 0. The number of nitrogens with zero attached hydrogens (tertiary/aromatic N) is 1. The van der Waals surface area contributed by atoms with E-state index < -0.39 is 11.7 Å². The fourth-order valence-electron chi connectivity index (χ4n) is 3.73. The number of pyridine rings is 1. The van der Waals surface area contributed by atoms with E-state index in [9.17, 15) is 9.18 Å². The monoisotopic (exact) mass is 418 g/mol. The van der Waals surface area contributed by atoms with Crippen LogP contribution in [0.25, 0.3) is 16.6 Å². The molecule has 2 aromatic carbocycles. The Morgan fingerprint density at radius 3 is 2.48 bits per heavy atom. The van der Waals surface area contributed by atoms with Gasteiger partial charge in [-0.2, -0.15) is 0 Å². The van der Waals surface area contributed by atoms with Crippen LogP contribution in [-0.2, 0) is 4.79 Å². The first-order valence-corrected chi connectivity index (χ1v) is 9.79. The van der Waals surface area contributed by atoms with Gasteiger partial charge in [0.05, 0.1) is 16.8 Å². The van der Waals surface area contributed by atoms with Crippen LogP contribution in [0.2, 0.25) is 0 Å². The van der Waals surface area contributed by atoms with E-state index in [0.29, 0.717) is 33.9 Å². The minimum absolute atomic E-state index is 0.265. The van der Waals surface area contributed by atoms with Gasteiger partial charge in [0.2, 0.25) is 0 Å². The van der Waals surface area contributed by atoms with Crippen LogP contribution in [0.4, 0.5) is 21.6 Å². The number of nitrogens with two attached hydrogens (primary N) is 2. The molecule has 2 heterocycles. The number of nitrogens with one attached hydrogen (secondary N) is 1. The molecule has 0 bridgehead atoms. The van der Waals surface area contributed by atoms with Crippen LogP contribution in [0, 0.1) is 19.7 Å². The zero-order chi connectivity index (χ0) is 22.1. The maximum atomic E-state index is 14.2. The number of ether oxygens (including phenoxy) is 1. The van der Waals surface area contributed by atoms with Crippen molar-refractivity contribution in [3.63, 3.8) is 0 Å². The predicted molar refractivity (Wildman–Crippen MR) is 121 cm³/mol. The predicted octanol–water partition coefficient (Wildman–Crippen LogP) is 4.55. The van der Waals surface area contributed by atoms with Crippen molar-refractivity contribution in [2.45, 2.75) is 13.8 Å². The molecule has 0 fully saturated rings. The number of rotatable bonds is 6. The Balaban J connectivity index is 1.97. The van der Waals surface area contributed by atoms with Crippen LogP contribution in [0.15, 0.2) is 60.8 Å². The average molecular weight is 418 g/mol. The Kier molecular flexibility index (Phi) is 5.25. The summed E-state index contributed by atoms with van der Waals surface area (Å²) in [4.78, 5) is 11.3. The highest BCUT2D eigenvalue weighted by molar-refractivity contribution is 6.00. The van der Waals surface area contributed by atoms with Crippen molar-refractivity contribution < 1.29 is 13.9 Å². The number of aryl methyl sites for hydroxylation is 2. The third kappa shape index (κ3) is 3.77. The molecule has 0 saturated heterocycles. The number of carbonyl (C=O) groups excluding carboxylic acids is 1. The lowest BCUT2D eigenvalue weighted by atomic mass is 10.0. The van der Waals surface area contributed by atoms with Crippen molar-refractivity contribution in [3.8, 4) is 16.9 Å². The molecule has 0 aliphatic heterocycles. The van der Waals surface area contributed by atoms with E-state index in [1.807, 2.05) is 44.2 Å². The normalized spacial score (nSPS) is 10.9. The number of amides is 1. The van der Waals surface area contributed by atoms with Gasteiger partial charge in [0.1, 0.15) is 17.4 Å². The lowest BCUT2D eigenvalue weighted by Gasteiger charge is -2.16. The minimum atomic E-state index is -0.583. The number of halogens is 1. The molecular weight excluding hydrogens is 395 g/mol. The molecule has 5 N–H and O–H groups in total. The average Bonchev–Trinajstić information content (AvgIpc) is 3.00. The molecule has 7 heteroatoms. The maximum absolute atomic E-state index is 14.2. The Morgan fingerprint density at radius 2 is 1.77 bits per heavy atom. The van der Waals surface area contributed by atoms with Gasteiger partial charge in [-0.25, -0.2) is 4.39 Å². The molecule has 0 radical (unpaired) electrons. The number of hydrogen-bond donors (Lipinski definition) is 3. The first kappa shape index (κ1) is 20.3. The number of nitrogen functional groups attached to an aromatic ring is 1. The van der Waals surface area contributed by atoms with E-state index in [4.69, 9.17) is 16.2 Å². The second kappa shape index (κ2) is 8.02. The second-order valence-corrected chi connectivity index (χ2v) is 7.38. The SMILES string of the molecule is Cc1cccc(C)c1Nc1c(-c2ccccc2OCC(N)=O)c(N)c2ccc(F)cn12. The molecule has 2 aromatic heterocycles. The topological polar surface area (TPSA) is 94.8 Å². The number of carbonyl (C=O) groups is 1. The van der Waals surface area contributed by atoms with Crippen LogP contribution < -0.4 is 21.5 Å². The summed E-state index contributed by atoms with van der Waals surface area (Å²) in [5.74, 6) is 0.0751.